The van der Waals surface area contributed by atoms with Gasteiger partial charge in [0.05, 0.1) is 33.5 Å². The van der Waals surface area contributed by atoms with E-state index in [4.69, 9.17) is 24.7 Å². The molecule has 2 amide bonds. The molecule has 0 saturated carbocycles. The van der Waals surface area contributed by atoms with Gasteiger partial charge in [-0.25, -0.2) is 4.79 Å². The van der Waals surface area contributed by atoms with Crippen LogP contribution in [0.5, 0.6) is 17.2 Å². The molecule has 0 aromatic heterocycles. The summed E-state index contributed by atoms with van der Waals surface area (Å²) in [5, 5.41) is 2.53. The summed E-state index contributed by atoms with van der Waals surface area (Å²) in [5.41, 5.74) is 6.36. The Morgan fingerprint density at radius 3 is 2.11 bits per heavy atom. The minimum Gasteiger partial charge on any atom is -0.493 e. The number of esters is 1. The fraction of sp³-hybridized carbons (Fsp3) is 0.421. The van der Waals surface area contributed by atoms with E-state index in [1.54, 1.807) is 26.0 Å². The molecule has 0 unspecified atom stereocenters. The normalized spacial score (nSPS) is 19.0. The van der Waals surface area contributed by atoms with Crippen LogP contribution in [0, 0.1) is 5.92 Å². The van der Waals surface area contributed by atoms with Gasteiger partial charge >= 0.3 is 5.97 Å². The van der Waals surface area contributed by atoms with E-state index < -0.39 is 29.6 Å². The van der Waals surface area contributed by atoms with Gasteiger partial charge in [-0.15, -0.1) is 0 Å². The van der Waals surface area contributed by atoms with E-state index in [9.17, 15) is 14.4 Å². The molecule has 1 heterocycles. The van der Waals surface area contributed by atoms with E-state index in [1.165, 1.54) is 21.3 Å². The number of allylic oxidation sites excluding steroid dienone is 1. The molecule has 1 aliphatic heterocycles. The van der Waals surface area contributed by atoms with Crippen molar-refractivity contribution in [3.8, 4) is 17.2 Å². The lowest BCUT2D eigenvalue weighted by Gasteiger charge is -2.32. The van der Waals surface area contributed by atoms with Crippen molar-refractivity contribution in [3.63, 3.8) is 0 Å². The van der Waals surface area contributed by atoms with Crippen LogP contribution in [0.4, 0.5) is 0 Å². The highest BCUT2D eigenvalue weighted by atomic mass is 16.5. The van der Waals surface area contributed by atoms with Gasteiger partial charge in [0.25, 0.3) is 0 Å². The summed E-state index contributed by atoms with van der Waals surface area (Å²) < 4.78 is 21.1. The summed E-state index contributed by atoms with van der Waals surface area (Å²) >= 11 is 0. The molecule has 1 aromatic rings. The fourth-order valence-corrected chi connectivity index (χ4v) is 3.30. The number of carbonyl (C=O) groups excluding carboxylic acids is 3. The highest BCUT2D eigenvalue weighted by Gasteiger charge is 2.44. The van der Waals surface area contributed by atoms with Gasteiger partial charge in [0.15, 0.2) is 11.5 Å². The van der Waals surface area contributed by atoms with Crippen LogP contribution >= 0.6 is 0 Å². The molecule has 1 aromatic carbocycles. The van der Waals surface area contributed by atoms with Gasteiger partial charge in [-0.05, 0) is 31.5 Å². The summed E-state index contributed by atoms with van der Waals surface area (Å²) in [7, 11) is 4.33. The fourth-order valence-electron chi connectivity index (χ4n) is 3.30. The Bertz CT molecular complexity index is 807. The number of benzene rings is 1. The maximum Gasteiger partial charge on any atom is 0.336 e. The molecule has 9 nitrogen and oxygen atoms in total. The Morgan fingerprint density at radius 1 is 1.11 bits per heavy atom. The first-order chi connectivity index (χ1) is 13.3. The molecule has 1 aliphatic rings. The third-order valence-electron chi connectivity index (χ3n) is 4.49. The van der Waals surface area contributed by atoms with Crippen molar-refractivity contribution >= 4 is 17.8 Å². The number of primary amides is 1. The third-order valence-corrected chi connectivity index (χ3v) is 4.49. The number of hydrogen-bond acceptors (Lipinski definition) is 7. The average molecular weight is 392 g/mol. The minimum atomic E-state index is -1.31. The first-order valence-corrected chi connectivity index (χ1v) is 8.58. The van der Waals surface area contributed by atoms with E-state index in [0.717, 1.165) is 0 Å². The SMILES string of the molecule is CCOC(=O)C1=C(C)NC(=O)[C@@H](C(N)=O)[C@@H]1c1cc(OC)c(OC)c(OC)c1. The van der Waals surface area contributed by atoms with Crippen molar-refractivity contribution in [2.45, 2.75) is 19.8 Å². The molecule has 0 radical (unpaired) electrons. The van der Waals surface area contributed by atoms with E-state index in [0.29, 0.717) is 28.5 Å². The standard InChI is InChI=1S/C19H24N2O7/c1-6-28-19(24)13-9(2)21-18(23)15(17(20)22)14(13)10-7-11(25-3)16(27-5)12(8-10)26-4/h7-8,14-15H,6H2,1-5H3,(H2,20,22)(H,21,23)/t14-,15-/m1/s1. The maximum absolute atomic E-state index is 12.6. The number of hydrogen-bond donors (Lipinski definition) is 2. The van der Waals surface area contributed by atoms with E-state index >= 15 is 0 Å². The largest absolute Gasteiger partial charge is 0.493 e. The summed E-state index contributed by atoms with van der Waals surface area (Å²) in [6.07, 6.45) is 0. The quantitative estimate of drug-likeness (QED) is 0.521. The Labute approximate surface area is 162 Å². The Morgan fingerprint density at radius 2 is 1.68 bits per heavy atom. The van der Waals surface area contributed by atoms with Gasteiger partial charge in [-0.1, -0.05) is 0 Å². The Hall–Kier alpha value is -3.23. The van der Waals surface area contributed by atoms with Crippen LogP contribution < -0.4 is 25.3 Å². The van der Waals surface area contributed by atoms with Crippen LogP contribution in [0.3, 0.4) is 0 Å². The lowest BCUT2D eigenvalue weighted by atomic mass is 9.76. The number of nitrogens with two attached hydrogens (primary N) is 1. The second-order valence-electron chi connectivity index (χ2n) is 6.06. The number of carbonyl (C=O) groups is 3. The zero-order chi connectivity index (χ0) is 21.0. The monoisotopic (exact) mass is 392 g/mol. The number of ether oxygens (including phenoxy) is 4. The molecule has 0 aliphatic carbocycles. The first-order valence-electron chi connectivity index (χ1n) is 8.58. The smallest absolute Gasteiger partial charge is 0.336 e. The number of methoxy groups -OCH3 is 3. The predicted molar refractivity (Wildman–Crippen MR) is 99.0 cm³/mol. The van der Waals surface area contributed by atoms with Gasteiger partial charge in [0.1, 0.15) is 5.92 Å². The van der Waals surface area contributed by atoms with Crippen LogP contribution in [0.15, 0.2) is 23.4 Å². The van der Waals surface area contributed by atoms with Crippen LogP contribution in [-0.2, 0) is 19.1 Å². The predicted octanol–water partition coefficient (Wildman–Crippen LogP) is 0.864. The van der Waals surface area contributed by atoms with Crippen molar-refractivity contribution in [3.05, 3.63) is 29.0 Å². The first kappa shape index (κ1) is 21.1. The Balaban J connectivity index is 2.77. The van der Waals surface area contributed by atoms with E-state index in [1.807, 2.05) is 0 Å². The Kier molecular flexibility index (Phi) is 6.50. The molecular weight excluding hydrogens is 368 g/mol. The number of rotatable bonds is 7. The van der Waals surface area contributed by atoms with E-state index in [2.05, 4.69) is 5.32 Å². The van der Waals surface area contributed by atoms with Crippen molar-refractivity contribution in [2.75, 3.05) is 27.9 Å². The molecule has 9 heteroatoms. The second kappa shape index (κ2) is 8.64. The van der Waals surface area contributed by atoms with Crippen molar-refractivity contribution in [1.29, 1.82) is 0 Å². The number of amides is 2. The zero-order valence-electron chi connectivity index (χ0n) is 16.5. The van der Waals surface area contributed by atoms with Crippen LogP contribution in [0.25, 0.3) is 0 Å². The van der Waals surface area contributed by atoms with Crippen molar-refractivity contribution < 1.29 is 33.3 Å². The topological polar surface area (TPSA) is 126 Å². The molecule has 28 heavy (non-hydrogen) atoms. The van der Waals surface area contributed by atoms with Gasteiger partial charge in [0.2, 0.25) is 17.6 Å². The molecule has 2 atom stereocenters. The van der Waals surface area contributed by atoms with Crippen molar-refractivity contribution in [1.82, 2.24) is 5.32 Å². The molecule has 3 N–H and O–H groups in total. The summed E-state index contributed by atoms with van der Waals surface area (Å²) in [4.78, 5) is 37.2. The molecule has 0 saturated heterocycles. The second-order valence-corrected chi connectivity index (χ2v) is 6.06. The highest BCUT2D eigenvalue weighted by Crippen LogP contribution is 2.45. The molecule has 2 rings (SSSR count). The highest BCUT2D eigenvalue weighted by molar-refractivity contribution is 6.06. The van der Waals surface area contributed by atoms with Crippen LogP contribution in [0.2, 0.25) is 0 Å². The lowest BCUT2D eigenvalue weighted by Crippen LogP contribution is -2.47. The lowest BCUT2D eigenvalue weighted by molar-refractivity contribution is -0.140. The van der Waals surface area contributed by atoms with Gasteiger partial charge in [-0.3, -0.25) is 9.59 Å². The summed E-state index contributed by atoms with van der Waals surface area (Å²) in [6, 6.07) is 3.15. The van der Waals surface area contributed by atoms with Crippen LogP contribution in [-0.4, -0.2) is 45.7 Å². The average Bonchev–Trinajstić information content (AvgIpc) is 2.65. The maximum atomic E-state index is 12.6. The molecule has 0 bridgehead atoms. The third kappa shape index (κ3) is 3.73. The van der Waals surface area contributed by atoms with Gasteiger partial charge in [-0.2, -0.15) is 0 Å². The summed E-state index contributed by atoms with van der Waals surface area (Å²) in [5.74, 6) is -3.45. The summed E-state index contributed by atoms with van der Waals surface area (Å²) in [6.45, 7) is 3.36. The molecular formula is C19H24N2O7. The van der Waals surface area contributed by atoms with Crippen LogP contribution in [0.1, 0.15) is 25.3 Å². The van der Waals surface area contributed by atoms with E-state index in [-0.39, 0.29) is 12.2 Å². The van der Waals surface area contributed by atoms with Crippen molar-refractivity contribution in [2.24, 2.45) is 11.7 Å². The zero-order valence-corrected chi connectivity index (χ0v) is 16.5. The van der Waals surface area contributed by atoms with Gasteiger partial charge in [0, 0.05) is 11.6 Å². The molecule has 0 fully saturated rings. The molecule has 152 valence electrons. The minimum absolute atomic E-state index is 0.132. The molecule has 0 spiro atoms. The van der Waals surface area contributed by atoms with Gasteiger partial charge < -0.3 is 30.0 Å². The number of nitrogens with one attached hydrogen (secondary N) is 1.